The molecule has 0 aliphatic heterocycles. The molecule has 0 radical (unpaired) electrons. The number of nitrogens with one attached hydrogen (secondary N) is 1. The van der Waals surface area contributed by atoms with Gasteiger partial charge in [-0.3, -0.25) is 4.79 Å². The monoisotopic (exact) mass is 271 g/mol. The summed E-state index contributed by atoms with van der Waals surface area (Å²) in [6.07, 6.45) is 0. The van der Waals surface area contributed by atoms with Crippen molar-refractivity contribution in [2.75, 3.05) is 13.1 Å². The van der Waals surface area contributed by atoms with Crippen LogP contribution in [0.25, 0.3) is 0 Å². The Hall–Kier alpha value is -0.930. The van der Waals surface area contributed by atoms with Crippen LogP contribution in [0.5, 0.6) is 0 Å². The number of carbonyl (C=O) groups excluding carboxylic acids is 1. The zero-order valence-electron chi connectivity index (χ0n) is 11.0. The van der Waals surface area contributed by atoms with Crippen LogP contribution in [0.4, 0.5) is 4.39 Å². The van der Waals surface area contributed by atoms with Gasteiger partial charge in [-0.05, 0) is 24.2 Å². The summed E-state index contributed by atoms with van der Waals surface area (Å²) < 4.78 is 13.9. The van der Waals surface area contributed by atoms with E-state index in [9.17, 15) is 9.18 Å². The quantitative estimate of drug-likeness (QED) is 0.859. The summed E-state index contributed by atoms with van der Waals surface area (Å²) >= 11 is 5.73. The van der Waals surface area contributed by atoms with E-state index in [4.69, 9.17) is 11.6 Å². The van der Waals surface area contributed by atoms with Crippen LogP contribution in [0.15, 0.2) is 18.2 Å². The summed E-state index contributed by atoms with van der Waals surface area (Å²) in [5, 5.41) is 3.45. The van der Waals surface area contributed by atoms with E-state index in [1.165, 1.54) is 6.07 Å². The lowest BCUT2D eigenvalue weighted by atomic mass is 9.88. The molecule has 1 rings (SSSR count). The van der Waals surface area contributed by atoms with E-state index >= 15 is 0 Å². The van der Waals surface area contributed by atoms with E-state index in [1.54, 1.807) is 12.1 Å². The van der Waals surface area contributed by atoms with E-state index in [1.807, 2.05) is 20.8 Å². The number of hydrogen-bond acceptors (Lipinski definition) is 2. The number of ketones is 1. The second kappa shape index (κ2) is 6.86. The van der Waals surface area contributed by atoms with Crippen LogP contribution >= 0.6 is 11.6 Å². The zero-order valence-corrected chi connectivity index (χ0v) is 11.7. The van der Waals surface area contributed by atoms with Crippen molar-refractivity contribution < 1.29 is 9.18 Å². The van der Waals surface area contributed by atoms with Gasteiger partial charge in [-0.25, -0.2) is 4.39 Å². The molecule has 0 aliphatic rings. The van der Waals surface area contributed by atoms with Gasteiger partial charge in [0.05, 0.1) is 5.92 Å². The van der Waals surface area contributed by atoms with Crippen LogP contribution in [-0.4, -0.2) is 18.9 Å². The van der Waals surface area contributed by atoms with Crippen molar-refractivity contribution in [3.8, 4) is 0 Å². The summed E-state index contributed by atoms with van der Waals surface area (Å²) in [6, 6.07) is 4.47. The van der Waals surface area contributed by atoms with Gasteiger partial charge in [0.1, 0.15) is 11.6 Å². The van der Waals surface area contributed by atoms with Crippen LogP contribution in [0.1, 0.15) is 32.3 Å². The minimum Gasteiger partial charge on any atom is -0.316 e. The first-order chi connectivity index (χ1) is 8.47. The topological polar surface area (TPSA) is 29.1 Å². The third kappa shape index (κ3) is 3.79. The molecule has 0 saturated carbocycles. The van der Waals surface area contributed by atoms with Crippen LogP contribution in [0.3, 0.4) is 0 Å². The minimum atomic E-state index is -0.456. The van der Waals surface area contributed by atoms with Crippen LogP contribution in [0.2, 0.25) is 5.02 Å². The minimum absolute atomic E-state index is 0.0390. The number of hydrogen-bond donors (Lipinski definition) is 1. The Labute approximate surface area is 113 Å². The highest BCUT2D eigenvalue weighted by Gasteiger charge is 2.25. The fourth-order valence-electron chi connectivity index (χ4n) is 1.84. The van der Waals surface area contributed by atoms with E-state index in [-0.39, 0.29) is 11.7 Å². The highest BCUT2D eigenvalue weighted by atomic mass is 35.5. The molecule has 1 aromatic rings. The van der Waals surface area contributed by atoms with E-state index in [0.29, 0.717) is 17.1 Å². The summed E-state index contributed by atoms with van der Waals surface area (Å²) in [7, 11) is 0. The van der Waals surface area contributed by atoms with Crippen molar-refractivity contribution in [1.29, 1.82) is 0 Å². The van der Waals surface area contributed by atoms with Crippen LogP contribution in [-0.2, 0) is 4.79 Å². The Morgan fingerprint density at radius 2 is 2.11 bits per heavy atom. The predicted molar refractivity (Wildman–Crippen MR) is 72.5 cm³/mol. The molecule has 0 saturated heterocycles. The third-order valence-corrected chi connectivity index (χ3v) is 3.08. The zero-order chi connectivity index (χ0) is 13.7. The molecule has 0 heterocycles. The van der Waals surface area contributed by atoms with Crippen molar-refractivity contribution in [2.45, 2.75) is 26.7 Å². The van der Waals surface area contributed by atoms with Crippen LogP contribution < -0.4 is 5.32 Å². The van der Waals surface area contributed by atoms with E-state index in [0.717, 1.165) is 6.54 Å². The molecule has 1 aromatic carbocycles. The normalized spacial score (nSPS) is 12.8. The Kier molecular flexibility index (Phi) is 5.76. The predicted octanol–water partition coefficient (Wildman–Crippen LogP) is 3.40. The first kappa shape index (κ1) is 15.1. The van der Waals surface area contributed by atoms with Crippen molar-refractivity contribution in [3.63, 3.8) is 0 Å². The number of likely N-dealkylation sites (N-methyl/N-ethyl adjacent to an activating group) is 1. The van der Waals surface area contributed by atoms with Crippen molar-refractivity contribution >= 4 is 17.4 Å². The highest BCUT2D eigenvalue weighted by molar-refractivity contribution is 6.30. The van der Waals surface area contributed by atoms with Gasteiger partial charge >= 0.3 is 0 Å². The fraction of sp³-hybridized carbons (Fsp3) is 0.500. The molecule has 0 aliphatic carbocycles. The van der Waals surface area contributed by atoms with E-state index < -0.39 is 11.7 Å². The maximum absolute atomic E-state index is 13.9. The van der Waals surface area contributed by atoms with Crippen LogP contribution in [0, 0.1) is 11.7 Å². The first-order valence-corrected chi connectivity index (χ1v) is 6.54. The van der Waals surface area contributed by atoms with Crippen molar-refractivity contribution in [3.05, 3.63) is 34.6 Å². The maximum atomic E-state index is 13.9. The summed E-state index contributed by atoms with van der Waals surface area (Å²) in [6.45, 7) is 6.81. The second-order valence-corrected chi connectivity index (χ2v) is 5.02. The highest BCUT2D eigenvalue weighted by Crippen LogP contribution is 2.25. The molecule has 0 unspecified atom stereocenters. The summed E-state index contributed by atoms with van der Waals surface area (Å²) in [5.74, 6) is -0.956. The Morgan fingerprint density at radius 1 is 1.44 bits per heavy atom. The van der Waals surface area contributed by atoms with E-state index in [2.05, 4.69) is 5.32 Å². The molecule has 0 spiro atoms. The number of carbonyl (C=O) groups is 1. The van der Waals surface area contributed by atoms with Gasteiger partial charge in [0.25, 0.3) is 0 Å². The molecule has 1 N–H and O–H groups in total. The van der Waals surface area contributed by atoms with Gasteiger partial charge in [0, 0.05) is 17.5 Å². The fourth-order valence-corrected chi connectivity index (χ4v) is 2.00. The lowest BCUT2D eigenvalue weighted by Crippen LogP contribution is -2.30. The Bertz CT molecular complexity index is 420. The van der Waals surface area contributed by atoms with Crippen molar-refractivity contribution in [1.82, 2.24) is 5.32 Å². The maximum Gasteiger partial charge on any atom is 0.144 e. The summed E-state index contributed by atoms with van der Waals surface area (Å²) in [4.78, 5) is 12.1. The van der Waals surface area contributed by atoms with Gasteiger partial charge in [-0.15, -0.1) is 0 Å². The molecule has 18 heavy (non-hydrogen) atoms. The molecule has 0 aromatic heterocycles. The molecule has 0 bridgehead atoms. The average molecular weight is 272 g/mol. The molecule has 1 atom stereocenters. The van der Waals surface area contributed by atoms with Gasteiger partial charge in [-0.1, -0.05) is 38.4 Å². The molecular weight excluding hydrogens is 253 g/mol. The Morgan fingerprint density at radius 3 is 2.61 bits per heavy atom. The van der Waals surface area contributed by atoms with Crippen molar-refractivity contribution in [2.24, 2.45) is 5.92 Å². The molecule has 4 heteroatoms. The standard InChI is InChI=1S/C14H19ClFNO/c1-4-17-8-12(14(18)9(2)3)11-6-5-10(15)7-13(11)16/h5-7,9,12,17H,4,8H2,1-3H3/t12-/m1/s1. The molecule has 0 fully saturated rings. The Balaban J connectivity index is 3.04. The molecule has 100 valence electrons. The number of Topliss-reactive ketones (excluding diaryl/α,β-unsaturated/α-hetero) is 1. The molecule has 0 amide bonds. The molecule has 2 nitrogen and oxygen atoms in total. The number of rotatable bonds is 6. The van der Waals surface area contributed by atoms with Gasteiger partial charge in [-0.2, -0.15) is 0 Å². The largest absolute Gasteiger partial charge is 0.316 e. The van der Waals surface area contributed by atoms with Gasteiger partial charge in [0.15, 0.2) is 0 Å². The summed E-state index contributed by atoms with van der Waals surface area (Å²) in [5.41, 5.74) is 0.416. The lowest BCUT2D eigenvalue weighted by molar-refractivity contribution is -0.123. The van der Waals surface area contributed by atoms with Gasteiger partial charge < -0.3 is 5.32 Å². The smallest absolute Gasteiger partial charge is 0.144 e. The average Bonchev–Trinajstić information content (AvgIpc) is 2.31. The molecular formula is C14H19ClFNO. The number of halogens is 2. The second-order valence-electron chi connectivity index (χ2n) is 4.58. The first-order valence-electron chi connectivity index (χ1n) is 6.16. The van der Waals surface area contributed by atoms with Gasteiger partial charge in [0.2, 0.25) is 0 Å². The lowest BCUT2D eigenvalue weighted by Gasteiger charge is -2.19. The third-order valence-electron chi connectivity index (χ3n) is 2.85. The number of benzene rings is 1. The SMILES string of the molecule is CCNC[C@@H](C(=O)C(C)C)c1ccc(Cl)cc1F.